The maximum atomic E-state index is 12.7. The minimum atomic E-state index is -3.70. The van der Waals surface area contributed by atoms with Gasteiger partial charge >= 0.3 is 29.6 Å². The fourth-order valence-corrected chi connectivity index (χ4v) is 3.77. The summed E-state index contributed by atoms with van der Waals surface area (Å²) in [6, 6.07) is 8.79. The maximum Gasteiger partial charge on any atom is 1.00 e. The van der Waals surface area contributed by atoms with Gasteiger partial charge in [-0.2, -0.15) is 0 Å². The van der Waals surface area contributed by atoms with Crippen LogP contribution in [-0.4, -0.2) is 38.7 Å². The van der Waals surface area contributed by atoms with Crippen molar-refractivity contribution in [3.63, 3.8) is 0 Å². The van der Waals surface area contributed by atoms with E-state index in [9.17, 15) is 8.42 Å². The van der Waals surface area contributed by atoms with Crippen molar-refractivity contribution in [1.29, 1.82) is 0 Å². The van der Waals surface area contributed by atoms with Gasteiger partial charge in [0.15, 0.2) is 9.84 Å². The van der Waals surface area contributed by atoms with Gasteiger partial charge < -0.3 is 19.4 Å². The normalized spacial score (nSPS) is 11.3. The van der Waals surface area contributed by atoms with Crippen molar-refractivity contribution in [2.45, 2.75) is 24.3 Å². The fraction of sp³-hybridized carbons (Fsp3) is 0.333. The molecular formula is C18H20N3NaO4S. The van der Waals surface area contributed by atoms with E-state index in [1.165, 1.54) is 0 Å². The van der Waals surface area contributed by atoms with Gasteiger partial charge in [-0.3, -0.25) is 4.98 Å². The Bertz CT molecular complexity index is 972. The summed E-state index contributed by atoms with van der Waals surface area (Å²) in [6.07, 6.45) is 2.30. The summed E-state index contributed by atoms with van der Waals surface area (Å²) in [7, 11) is -2.07. The van der Waals surface area contributed by atoms with Gasteiger partial charge in [0.05, 0.1) is 18.1 Å². The number of imidazole rings is 1. The van der Waals surface area contributed by atoms with Crippen molar-refractivity contribution in [3.05, 3.63) is 47.8 Å². The third kappa shape index (κ3) is 5.30. The number of pyridine rings is 1. The Kier molecular flexibility index (Phi) is 7.81. The van der Waals surface area contributed by atoms with Crippen molar-refractivity contribution < 1.29 is 47.4 Å². The molecule has 0 saturated heterocycles. The smallest absolute Gasteiger partial charge is 0.493 e. The number of methoxy groups -OCH3 is 1. The molecule has 0 spiro atoms. The molecule has 0 aliphatic rings. The zero-order valence-electron chi connectivity index (χ0n) is 15.7. The summed E-state index contributed by atoms with van der Waals surface area (Å²) in [5.74, 6) is 0.347. The molecule has 27 heavy (non-hydrogen) atoms. The van der Waals surface area contributed by atoms with Crippen LogP contribution >= 0.6 is 0 Å². The van der Waals surface area contributed by atoms with Crippen LogP contribution in [0.25, 0.3) is 11.0 Å². The molecule has 0 bridgehead atoms. The Morgan fingerprint density at radius 2 is 1.93 bits per heavy atom. The van der Waals surface area contributed by atoms with Crippen LogP contribution in [0.3, 0.4) is 0 Å². The molecule has 0 unspecified atom stereocenters. The minimum Gasteiger partial charge on any atom is -0.493 e. The van der Waals surface area contributed by atoms with Gasteiger partial charge in [0, 0.05) is 37.1 Å². The molecule has 0 fully saturated rings. The number of sulfone groups is 1. The molecule has 0 amide bonds. The number of hydrogen-bond donors (Lipinski definition) is 0. The van der Waals surface area contributed by atoms with Gasteiger partial charge in [-0.1, -0.05) is 24.3 Å². The number of rotatable bonds is 8. The summed E-state index contributed by atoms with van der Waals surface area (Å²) in [4.78, 5) is 12.5. The van der Waals surface area contributed by atoms with E-state index < -0.39 is 9.84 Å². The van der Waals surface area contributed by atoms with E-state index in [0.29, 0.717) is 41.3 Å². The average molecular weight is 397 g/mol. The van der Waals surface area contributed by atoms with Crippen molar-refractivity contribution in [2.24, 2.45) is 0 Å². The fourth-order valence-electron chi connectivity index (χ4n) is 2.51. The number of para-hydroxylation sites is 2. The SMILES string of the molecule is COCCCOc1ccnc(CS(=O)(=O)c2nc3ccccc3[n-]2)c1C.[Na+]. The van der Waals surface area contributed by atoms with E-state index in [1.807, 2.05) is 0 Å². The van der Waals surface area contributed by atoms with Gasteiger partial charge in [0.1, 0.15) is 5.75 Å². The quantitative estimate of drug-likeness (QED) is 0.366. The van der Waals surface area contributed by atoms with Crippen LogP contribution in [0.5, 0.6) is 5.75 Å². The number of hydrogen-bond acceptors (Lipinski definition) is 6. The number of ether oxygens (including phenoxy) is 2. The monoisotopic (exact) mass is 397 g/mol. The van der Waals surface area contributed by atoms with Gasteiger partial charge in [0.2, 0.25) is 0 Å². The van der Waals surface area contributed by atoms with Crippen LogP contribution in [0.15, 0.2) is 41.7 Å². The molecule has 7 nitrogen and oxygen atoms in total. The van der Waals surface area contributed by atoms with E-state index in [1.54, 1.807) is 50.6 Å². The average Bonchev–Trinajstić information content (AvgIpc) is 3.07. The first kappa shape index (κ1) is 21.8. The van der Waals surface area contributed by atoms with Gasteiger partial charge in [-0.25, -0.2) is 8.42 Å². The molecule has 2 aromatic heterocycles. The van der Waals surface area contributed by atoms with Crippen LogP contribution in [0.1, 0.15) is 17.7 Å². The topological polar surface area (TPSA) is 92.5 Å². The molecule has 9 heteroatoms. The standard InChI is InChI=1S/C18H20N3O4S.Na/c1-13-16(19-9-8-17(13)25-11-5-10-24-2)12-26(22,23)18-20-14-6-3-4-7-15(14)21-18;/h3-4,6-9H,5,10-12H2,1-2H3;/q-1;+1. The molecule has 0 saturated carbocycles. The molecule has 1 aromatic carbocycles. The first-order valence-corrected chi connectivity index (χ1v) is 9.85. The van der Waals surface area contributed by atoms with Crippen LogP contribution in [0, 0.1) is 6.92 Å². The predicted molar refractivity (Wildman–Crippen MR) is 96.9 cm³/mol. The van der Waals surface area contributed by atoms with Gasteiger partial charge in [0.25, 0.3) is 0 Å². The first-order chi connectivity index (χ1) is 12.5. The van der Waals surface area contributed by atoms with Crippen LogP contribution in [0.4, 0.5) is 0 Å². The third-order valence-corrected chi connectivity index (χ3v) is 5.32. The Hall–Kier alpha value is -1.45. The summed E-state index contributed by atoms with van der Waals surface area (Å²) in [5, 5.41) is -0.175. The zero-order chi connectivity index (χ0) is 18.6. The molecule has 0 radical (unpaired) electrons. The number of fused-ring (bicyclic) bond motifs is 1. The van der Waals surface area contributed by atoms with Crippen LogP contribution in [-0.2, 0) is 20.3 Å². The van der Waals surface area contributed by atoms with E-state index in [-0.39, 0.29) is 40.5 Å². The summed E-state index contributed by atoms with van der Waals surface area (Å²) >= 11 is 0. The summed E-state index contributed by atoms with van der Waals surface area (Å²) in [5.41, 5.74) is 2.25. The molecular weight excluding hydrogens is 377 g/mol. The Morgan fingerprint density at radius 1 is 1.15 bits per heavy atom. The third-order valence-electron chi connectivity index (χ3n) is 3.93. The first-order valence-electron chi connectivity index (χ1n) is 8.20. The second-order valence-corrected chi connectivity index (χ2v) is 7.71. The number of nitrogens with zero attached hydrogens (tertiary/aromatic N) is 3. The van der Waals surface area contributed by atoms with Crippen molar-refractivity contribution >= 4 is 20.9 Å². The minimum absolute atomic E-state index is 0. The molecule has 2 heterocycles. The second-order valence-electron chi connectivity index (χ2n) is 5.83. The zero-order valence-corrected chi connectivity index (χ0v) is 18.5. The maximum absolute atomic E-state index is 12.7. The second kappa shape index (κ2) is 9.66. The predicted octanol–water partition coefficient (Wildman–Crippen LogP) is -0.711. The largest absolute Gasteiger partial charge is 1.00 e. The molecule has 0 aliphatic carbocycles. The van der Waals surface area contributed by atoms with Crippen molar-refractivity contribution in [1.82, 2.24) is 15.0 Å². The molecule has 3 rings (SSSR count). The number of aromatic nitrogens is 3. The summed E-state index contributed by atoms with van der Waals surface area (Å²) in [6.45, 7) is 2.89. The Balaban J connectivity index is 0.00000261. The van der Waals surface area contributed by atoms with Gasteiger partial charge in [-0.15, -0.1) is 0 Å². The van der Waals surface area contributed by atoms with E-state index in [0.717, 1.165) is 6.42 Å². The Morgan fingerprint density at radius 3 is 2.67 bits per heavy atom. The molecule has 0 N–H and O–H groups in total. The molecule has 0 aliphatic heterocycles. The molecule has 0 atom stereocenters. The van der Waals surface area contributed by atoms with Crippen molar-refractivity contribution in [2.75, 3.05) is 20.3 Å². The summed E-state index contributed by atoms with van der Waals surface area (Å²) < 4.78 is 36.1. The van der Waals surface area contributed by atoms with E-state index in [2.05, 4.69) is 15.0 Å². The van der Waals surface area contributed by atoms with E-state index in [4.69, 9.17) is 9.47 Å². The Labute approximate surface area is 180 Å². The number of benzene rings is 1. The molecule has 138 valence electrons. The van der Waals surface area contributed by atoms with Crippen molar-refractivity contribution in [3.8, 4) is 5.75 Å². The van der Waals surface area contributed by atoms with Crippen LogP contribution in [0.2, 0.25) is 0 Å². The molecule has 3 aromatic rings. The van der Waals surface area contributed by atoms with Crippen LogP contribution < -0.4 is 39.3 Å². The van der Waals surface area contributed by atoms with Gasteiger partial charge in [-0.05, 0) is 24.0 Å². The van der Waals surface area contributed by atoms with E-state index >= 15 is 0 Å².